The van der Waals surface area contributed by atoms with Crippen molar-refractivity contribution in [2.75, 3.05) is 20.3 Å². The molecule has 1 rings (SSSR count). The smallest absolute Gasteiger partial charge is 0.159 e. The molecule has 0 atom stereocenters. The number of methoxy groups -OCH3 is 1. The van der Waals surface area contributed by atoms with Gasteiger partial charge < -0.3 is 9.47 Å². The molecule has 0 aromatic heterocycles. The second-order valence-corrected chi connectivity index (χ2v) is 2.93. The molecule has 0 aliphatic rings. The summed E-state index contributed by atoms with van der Waals surface area (Å²) in [5.74, 6) is 0.747. The lowest BCUT2D eigenvalue weighted by molar-refractivity contribution is 0.101. The summed E-state index contributed by atoms with van der Waals surface area (Å²) in [7, 11) is 1.62. The van der Waals surface area contributed by atoms with Crippen molar-refractivity contribution < 1.29 is 14.3 Å². The van der Waals surface area contributed by atoms with E-state index in [1.165, 1.54) is 6.92 Å². The van der Waals surface area contributed by atoms with Gasteiger partial charge in [-0.3, -0.25) is 4.79 Å². The molecular formula is C11H14O3. The van der Waals surface area contributed by atoms with Crippen molar-refractivity contribution in [2.45, 2.75) is 6.92 Å². The topological polar surface area (TPSA) is 35.5 Å². The first-order chi connectivity index (χ1) is 6.74. The number of ether oxygens (including phenoxy) is 2. The highest BCUT2D eigenvalue weighted by atomic mass is 16.5. The van der Waals surface area contributed by atoms with Gasteiger partial charge in [-0.25, -0.2) is 0 Å². The average Bonchev–Trinajstić information content (AvgIpc) is 2.19. The minimum absolute atomic E-state index is 0.0437. The van der Waals surface area contributed by atoms with E-state index in [4.69, 9.17) is 9.47 Å². The summed E-state index contributed by atoms with van der Waals surface area (Å²) in [6.45, 7) is 2.58. The van der Waals surface area contributed by atoms with Gasteiger partial charge in [0.25, 0.3) is 0 Å². The molecule has 0 saturated carbocycles. The Labute approximate surface area is 83.6 Å². The van der Waals surface area contributed by atoms with Crippen molar-refractivity contribution >= 4 is 5.78 Å². The molecule has 1 aromatic rings. The van der Waals surface area contributed by atoms with Crippen LogP contribution in [0.1, 0.15) is 17.3 Å². The van der Waals surface area contributed by atoms with E-state index in [9.17, 15) is 4.79 Å². The molecule has 1 aromatic carbocycles. The molecule has 0 bridgehead atoms. The predicted molar refractivity (Wildman–Crippen MR) is 53.8 cm³/mol. The minimum atomic E-state index is 0.0437. The van der Waals surface area contributed by atoms with Gasteiger partial charge in [-0.15, -0.1) is 0 Å². The number of carbonyl (C=O) groups excluding carboxylic acids is 1. The Bertz CT molecular complexity index is 307. The summed E-state index contributed by atoms with van der Waals surface area (Å²) in [6.07, 6.45) is 0. The Morgan fingerprint density at radius 3 is 2.79 bits per heavy atom. The molecule has 0 amide bonds. The number of hydrogen-bond acceptors (Lipinski definition) is 3. The number of carbonyl (C=O) groups is 1. The van der Waals surface area contributed by atoms with Gasteiger partial charge in [-0.1, -0.05) is 12.1 Å². The van der Waals surface area contributed by atoms with Gasteiger partial charge >= 0.3 is 0 Å². The van der Waals surface area contributed by atoms with E-state index in [0.717, 1.165) is 0 Å². The Morgan fingerprint density at radius 2 is 2.14 bits per heavy atom. The van der Waals surface area contributed by atoms with Gasteiger partial charge in [0.1, 0.15) is 12.4 Å². The molecule has 0 heterocycles. The van der Waals surface area contributed by atoms with Crippen LogP contribution in [0.4, 0.5) is 0 Å². The van der Waals surface area contributed by atoms with Crippen LogP contribution >= 0.6 is 0 Å². The molecule has 0 N–H and O–H groups in total. The van der Waals surface area contributed by atoms with Gasteiger partial charge in [-0.05, 0) is 19.1 Å². The van der Waals surface area contributed by atoms with Crippen LogP contribution < -0.4 is 4.74 Å². The summed E-state index contributed by atoms with van der Waals surface area (Å²) in [5, 5.41) is 0. The van der Waals surface area contributed by atoms with Crippen molar-refractivity contribution in [2.24, 2.45) is 0 Å². The zero-order chi connectivity index (χ0) is 10.4. The lowest BCUT2D eigenvalue weighted by Gasteiger charge is -2.05. The van der Waals surface area contributed by atoms with Crippen molar-refractivity contribution in [3.05, 3.63) is 29.8 Å². The zero-order valence-electron chi connectivity index (χ0n) is 8.45. The van der Waals surface area contributed by atoms with Crippen LogP contribution in [0.25, 0.3) is 0 Å². The highest BCUT2D eigenvalue weighted by molar-refractivity contribution is 5.94. The first-order valence-electron chi connectivity index (χ1n) is 4.47. The second-order valence-electron chi connectivity index (χ2n) is 2.93. The minimum Gasteiger partial charge on any atom is -0.491 e. The van der Waals surface area contributed by atoms with E-state index in [0.29, 0.717) is 24.5 Å². The normalized spacial score (nSPS) is 9.86. The molecule has 0 aliphatic carbocycles. The SMILES string of the molecule is COCCOc1cccc(C(C)=O)c1. The molecule has 3 nitrogen and oxygen atoms in total. The number of benzene rings is 1. The lowest BCUT2D eigenvalue weighted by atomic mass is 10.1. The maximum Gasteiger partial charge on any atom is 0.159 e. The number of rotatable bonds is 5. The maximum atomic E-state index is 11.0. The Kier molecular flexibility index (Phi) is 4.13. The molecule has 14 heavy (non-hydrogen) atoms. The highest BCUT2D eigenvalue weighted by Gasteiger charge is 2.00. The predicted octanol–water partition coefficient (Wildman–Crippen LogP) is 1.91. The van der Waals surface area contributed by atoms with Crippen LogP contribution in [0.5, 0.6) is 5.75 Å². The Balaban J connectivity index is 2.59. The first-order valence-corrected chi connectivity index (χ1v) is 4.47. The average molecular weight is 194 g/mol. The quantitative estimate of drug-likeness (QED) is 0.530. The second kappa shape index (κ2) is 5.40. The van der Waals surface area contributed by atoms with Crippen LogP contribution in [-0.4, -0.2) is 26.1 Å². The summed E-state index contributed by atoms with van der Waals surface area (Å²) < 4.78 is 10.2. The van der Waals surface area contributed by atoms with Crippen molar-refractivity contribution in [3.8, 4) is 5.75 Å². The van der Waals surface area contributed by atoms with Crippen molar-refractivity contribution in [3.63, 3.8) is 0 Å². The third kappa shape index (κ3) is 3.18. The zero-order valence-corrected chi connectivity index (χ0v) is 8.45. The van der Waals surface area contributed by atoms with Gasteiger partial charge in [0.05, 0.1) is 6.61 Å². The van der Waals surface area contributed by atoms with Crippen LogP contribution in [-0.2, 0) is 4.74 Å². The largest absolute Gasteiger partial charge is 0.491 e. The van der Waals surface area contributed by atoms with Gasteiger partial charge in [0.15, 0.2) is 5.78 Å². The molecule has 0 fully saturated rings. The fraction of sp³-hybridized carbons (Fsp3) is 0.364. The molecule has 0 radical (unpaired) electrons. The van der Waals surface area contributed by atoms with Gasteiger partial charge in [-0.2, -0.15) is 0 Å². The van der Waals surface area contributed by atoms with E-state index in [2.05, 4.69) is 0 Å². The monoisotopic (exact) mass is 194 g/mol. The van der Waals surface area contributed by atoms with Crippen LogP contribution in [0.2, 0.25) is 0 Å². The number of ketones is 1. The standard InChI is InChI=1S/C11H14O3/c1-9(12)10-4-3-5-11(8-10)14-7-6-13-2/h3-5,8H,6-7H2,1-2H3. The molecular weight excluding hydrogens is 180 g/mol. The summed E-state index contributed by atoms with van der Waals surface area (Å²) in [6, 6.07) is 7.13. The van der Waals surface area contributed by atoms with Crippen LogP contribution in [0, 0.1) is 0 Å². The van der Waals surface area contributed by atoms with Gasteiger partial charge in [0, 0.05) is 12.7 Å². The lowest BCUT2D eigenvalue weighted by Crippen LogP contribution is -2.04. The first kappa shape index (κ1) is 10.7. The summed E-state index contributed by atoms with van der Waals surface area (Å²) in [4.78, 5) is 11.0. The highest BCUT2D eigenvalue weighted by Crippen LogP contribution is 2.13. The molecule has 0 unspecified atom stereocenters. The van der Waals surface area contributed by atoms with E-state index >= 15 is 0 Å². The Hall–Kier alpha value is -1.35. The van der Waals surface area contributed by atoms with Gasteiger partial charge in [0.2, 0.25) is 0 Å². The van der Waals surface area contributed by atoms with Crippen LogP contribution in [0.15, 0.2) is 24.3 Å². The van der Waals surface area contributed by atoms with E-state index in [-0.39, 0.29) is 5.78 Å². The summed E-state index contributed by atoms with van der Waals surface area (Å²) >= 11 is 0. The van der Waals surface area contributed by atoms with Crippen molar-refractivity contribution in [1.29, 1.82) is 0 Å². The fourth-order valence-corrected chi connectivity index (χ4v) is 1.05. The molecule has 0 saturated heterocycles. The van der Waals surface area contributed by atoms with E-state index in [1.54, 1.807) is 25.3 Å². The molecule has 0 spiro atoms. The molecule has 0 aliphatic heterocycles. The third-order valence-corrected chi connectivity index (χ3v) is 1.80. The Morgan fingerprint density at radius 1 is 1.36 bits per heavy atom. The molecule has 3 heteroatoms. The van der Waals surface area contributed by atoms with Crippen molar-refractivity contribution in [1.82, 2.24) is 0 Å². The van der Waals surface area contributed by atoms with Crippen LogP contribution in [0.3, 0.4) is 0 Å². The molecule has 76 valence electrons. The number of hydrogen-bond donors (Lipinski definition) is 0. The van der Waals surface area contributed by atoms with E-state index < -0.39 is 0 Å². The maximum absolute atomic E-state index is 11.0. The fourth-order valence-electron chi connectivity index (χ4n) is 1.05. The third-order valence-electron chi connectivity index (χ3n) is 1.80. The number of Topliss-reactive ketones (excluding diaryl/α,β-unsaturated/α-hetero) is 1. The van der Waals surface area contributed by atoms with E-state index in [1.807, 2.05) is 6.07 Å². The summed E-state index contributed by atoms with van der Waals surface area (Å²) in [5.41, 5.74) is 0.667.